The lowest BCUT2D eigenvalue weighted by molar-refractivity contribution is -0.123. The molecule has 3 rings (SSSR count). The molecule has 2 N–H and O–H groups in total. The minimum absolute atomic E-state index is 0.186. The number of hydrazine groups is 1. The number of nitrogens with one attached hydrogen (secondary N) is 2. The highest BCUT2D eigenvalue weighted by Crippen LogP contribution is 2.32. The molecule has 0 aliphatic heterocycles. The van der Waals surface area contributed by atoms with Crippen LogP contribution in [0, 0.1) is 0 Å². The van der Waals surface area contributed by atoms with Gasteiger partial charge in [-0.05, 0) is 51.0 Å². The summed E-state index contributed by atoms with van der Waals surface area (Å²) >= 11 is 15.2. The van der Waals surface area contributed by atoms with E-state index in [-0.39, 0.29) is 17.2 Å². The van der Waals surface area contributed by atoms with Gasteiger partial charge in [0, 0.05) is 5.02 Å². The number of ether oxygens (including phenoxy) is 1. The van der Waals surface area contributed by atoms with Crippen LogP contribution in [0.2, 0.25) is 10.0 Å². The second-order valence-electron chi connectivity index (χ2n) is 5.51. The van der Waals surface area contributed by atoms with Gasteiger partial charge in [-0.2, -0.15) is 0 Å². The molecule has 0 spiro atoms. The van der Waals surface area contributed by atoms with E-state index < -0.39 is 11.8 Å². The van der Waals surface area contributed by atoms with Gasteiger partial charge in [-0.1, -0.05) is 53.5 Å². The highest BCUT2D eigenvalue weighted by atomic mass is 79.9. The largest absolute Gasteiger partial charge is 0.483 e. The predicted octanol–water partition coefficient (Wildman–Crippen LogP) is 4.75. The number of benzene rings is 3. The number of fused-ring (bicyclic) bond motifs is 1. The van der Waals surface area contributed by atoms with Crippen molar-refractivity contribution in [1.29, 1.82) is 0 Å². The Morgan fingerprint density at radius 3 is 2.56 bits per heavy atom. The summed E-state index contributed by atoms with van der Waals surface area (Å²) in [6.07, 6.45) is 0. The maximum absolute atomic E-state index is 12.1. The SMILES string of the molecule is O=C(COc1ccc2ccccc2c1Br)NNC(=O)c1ccc(Cl)cc1Cl. The van der Waals surface area contributed by atoms with Crippen molar-refractivity contribution >= 4 is 61.7 Å². The summed E-state index contributed by atoms with van der Waals surface area (Å²) < 4.78 is 6.29. The molecule has 8 heteroatoms. The van der Waals surface area contributed by atoms with Crippen molar-refractivity contribution in [2.24, 2.45) is 0 Å². The van der Waals surface area contributed by atoms with E-state index in [9.17, 15) is 9.59 Å². The van der Waals surface area contributed by atoms with Crippen molar-refractivity contribution in [2.75, 3.05) is 6.61 Å². The quantitative estimate of drug-likeness (QED) is 0.544. The Bertz CT molecular complexity index is 1030. The molecule has 0 saturated carbocycles. The fourth-order valence-corrected chi connectivity index (χ4v) is 3.47. The van der Waals surface area contributed by atoms with Gasteiger partial charge in [-0.25, -0.2) is 0 Å². The molecule has 27 heavy (non-hydrogen) atoms. The summed E-state index contributed by atoms with van der Waals surface area (Å²) in [5.74, 6) is -0.554. The minimum atomic E-state index is -0.558. The summed E-state index contributed by atoms with van der Waals surface area (Å²) in [6, 6.07) is 15.9. The predicted molar refractivity (Wildman–Crippen MR) is 109 cm³/mol. The Labute approximate surface area is 173 Å². The summed E-state index contributed by atoms with van der Waals surface area (Å²) in [5.41, 5.74) is 4.76. The normalized spacial score (nSPS) is 10.5. The van der Waals surface area contributed by atoms with Crippen molar-refractivity contribution in [3.05, 3.63) is 74.7 Å². The fraction of sp³-hybridized carbons (Fsp3) is 0.0526. The molecule has 2 amide bonds. The third-order valence-electron chi connectivity index (χ3n) is 3.68. The van der Waals surface area contributed by atoms with Crippen LogP contribution < -0.4 is 15.6 Å². The second kappa shape index (κ2) is 8.61. The highest BCUT2D eigenvalue weighted by Gasteiger charge is 2.13. The molecule has 3 aromatic carbocycles. The third-order valence-corrected chi connectivity index (χ3v) is 5.04. The Balaban J connectivity index is 1.57. The topological polar surface area (TPSA) is 67.4 Å². The van der Waals surface area contributed by atoms with Crippen LogP contribution in [-0.4, -0.2) is 18.4 Å². The molecular weight excluding hydrogens is 455 g/mol. The Morgan fingerprint density at radius 1 is 1.00 bits per heavy atom. The van der Waals surface area contributed by atoms with E-state index in [1.54, 1.807) is 6.07 Å². The zero-order chi connectivity index (χ0) is 19.4. The van der Waals surface area contributed by atoms with Crippen LogP contribution >= 0.6 is 39.1 Å². The van der Waals surface area contributed by atoms with Crippen molar-refractivity contribution in [3.63, 3.8) is 0 Å². The zero-order valence-electron chi connectivity index (χ0n) is 13.8. The van der Waals surface area contributed by atoms with Crippen LogP contribution in [0.15, 0.2) is 59.1 Å². The average molecular weight is 468 g/mol. The summed E-state index contributed by atoms with van der Waals surface area (Å²) in [5, 5.41) is 2.62. The number of hydrogen-bond donors (Lipinski definition) is 2. The van der Waals surface area contributed by atoms with Gasteiger partial charge >= 0.3 is 0 Å². The average Bonchev–Trinajstić information content (AvgIpc) is 2.66. The van der Waals surface area contributed by atoms with E-state index in [1.165, 1.54) is 18.2 Å². The van der Waals surface area contributed by atoms with Crippen LogP contribution in [0.1, 0.15) is 10.4 Å². The Hall–Kier alpha value is -2.28. The first-order valence-electron chi connectivity index (χ1n) is 7.80. The van der Waals surface area contributed by atoms with E-state index in [0.29, 0.717) is 10.8 Å². The third kappa shape index (κ3) is 4.71. The Kier molecular flexibility index (Phi) is 6.21. The van der Waals surface area contributed by atoms with Crippen LogP contribution in [0.3, 0.4) is 0 Å². The van der Waals surface area contributed by atoms with Gasteiger partial charge in [-0.15, -0.1) is 0 Å². The first-order chi connectivity index (χ1) is 13.0. The number of carbonyl (C=O) groups excluding carboxylic acids is 2. The molecule has 0 heterocycles. The summed E-state index contributed by atoms with van der Waals surface area (Å²) in [7, 11) is 0. The monoisotopic (exact) mass is 466 g/mol. The molecule has 0 aliphatic rings. The van der Waals surface area contributed by atoms with Gasteiger partial charge < -0.3 is 4.74 Å². The smallest absolute Gasteiger partial charge is 0.276 e. The van der Waals surface area contributed by atoms with Gasteiger partial charge in [0.25, 0.3) is 11.8 Å². The lowest BCUT2D eigenvalue weighted by atomic mass is 10.1. The van der Waals surface area contributed by atoms with Gasteiger partial charge in [0.2, 0.25) is 0 Å². The van der Waals surface area contributed by atoms with Crippen LogP contribution in [-0.2, 0) is 4.79 Å². The van der Waals surface area contributed by atoms with Crippen LogP contribution in [0.25, 0.3) is 10.8 Å². The van der Waals surface area contributed by atoms with Gasteiger partial charge in [0.15, 0.2) is 6.61 Å². The molecule has 138 valence electrons. The molecule has 0 unspecified atom stereocenters. The maximum atomic E-state index is 12.1. The highest BCUT2D eigenvalue weighted by molar-refractivity contribution is 9.10. The Morgan fingerprint density at radius 2 is 1.78 bits per heavy atom. The number of halogens is 3. The van der Waals surface area contributed by atoms with E-state index in [0.717, 1.165) is 15.2 Å². The van der Waals surface area contributed by atoms with E-state index in [1.807, 2.05) is 30.3 Å². The van der Waals surface area contributed by atoms with E-state index >= 15 is 0 Å². The zero-order valence-corrected chi connectivity index (χ0v) is 16.9. The molecule has 0 aromatic heterocycles. The number of hydrogen-bond acceptors (Lipinski definition) is 3. The number of rotatable bonds is 4. The second-order valence-corrected chi connectivity index (χ2v) is 7.15. The standard InChI is InChI=1S/C19H13BrCl2N2O3/c20-18-13-4-2-1-3-11(13)5-8-16(18)27-10-17(25)23-24-19(26)14-7-6-12(21)9-15(14)22/h1-9H,10H2,(H,23,25)(H,24,26). The molecular formula is C19H13BrCl2N2O3. The van der Waals surface area contributed by atoms with E-state index in [4.69, 9.17) is 27.9 Å². The molecule has 5 nitrogen and oxygen atoms in total. The maximum Gasteiger partial charge on any atom is 0.276 e. The fourth-order valence-electron chi connectivity index (χ4n) is 2.37. The number of carbonyl (C=O) groups is 2. The molecule has 0 saturated heterocycles. The van der Waals surface area contributed by atoms with Crippen molar-refractivity contribution in [3.8, 4) is 5.75 Å². The molecule has 0 fully saturated rings. The van der Waals surface area contributed by atoms with Gasteiger partial charge in [0.1, 0.15) is 5.75 Å². The lowest BCUT2D eigenvalue weighted by Gasteiger charge is -2.11. The minimum Gasteiger partial charge on any atom is -0.483 e. The van der Waals surface area contributed by atoms with Crippen molar-refractivity contribution in [1.82, 2.24) is 10.9 Å². The van der Waals surface area contributed by atoms with Crippen molar-refractivity contribution < 1.29 is 14.3 Å². The van der Waals surface area contributed by atoms with Gasteiger partial charge in [0.05, 0.1) is 15.1 Å². The molecule has 0 bridgehead atoms. The van der Waals surface area contributed by atoms with E-state index in [2.05, 4.69) is 26.8 Å². The molecule has 0 radical (unpaired) electrons. The van der Waals surface area contributed by atoms with Gasteiger partial charge in [-0.3, -0.25) is 20.4 Å². The molecule has 0 aliphatic carbocycles. The first kappa shape index (κ1) is 19.5. The van der Waals surface area contributed by atoms with Crippen LogP contribution in [0.5, 0.6) is 5.75 Å². The molecule has 3 aromatic rings. The summed E-state index contributed by atoms with van der Waals surface area (Å²) in [6.45, 7) is -0.272. The lowest BCUT2D eigenvalue weighted by Crippen LogP contribution is -2.43. The first-order valence-corrected chi connectivity index (χ1v) is 9.35. The van der Waals surface area contributed by atoms with Crippen molar-refractivity contribution in [2.45, 2.75) is 0 Å². The number of amides is 2. The molecule has 0 atom stereocenters. The van der Waals surface area contributed by atoms with Crippen LogP contribution in [0.4, 0.5) is 0 Å². The summed E-state index contributed by atoms with van der Waals surface area (Å²) in [4.78, 5) is 24.0.